The largest absolute Gasteiger partial charge is 0.481 e. The standard InChI is InChI=1S/C9H13F2NO4/c1-2-12(8(13)7(10)11)6-4-16-3-5(6)9(14)15/h5-7H,2-4H2,1H3,(H,14,15). The molecule has 0 bridgehead atoms. The van der Waals surface area contributed by atoms with Crippen LogP contribution in [0.15, 0.2) is 0 Å². The molecule has 0 aliphatic carbocycles. The van der Waals surface area contributed by atoms with Gasteiger partial charge < -0.3 is 14.7 Å². The van der Waals surface area contributed by atoms with Gasteiger partial charge in [0.1, 0.15) is 5.92 Å². The number of nitrogens with zero attached hydrogens (tertiary/aromatic N) is 1. The smallest absolute Gasteiger partial charge is 0.315 e. The van der Waals surface area contributed by atoms with Crippen LogP contribution in [0.2, 0.25) is 0 Å². The van der Waals surface area contributed by atoms with Gasteiger partial charge in [-0.25, -0.2) is 0 Å². The molecule has 7 heteroatoms. The zero-order valence-electron chi connectivity index (χ0n) is 8.73. The molecule has 1 fully saturated rings. The van der Waals surface area contributed by atoms with Gasteiger partial charge in [0.2, 0.25) is 0 Å². The normalized spacial score (nSPS) is 24.8. The van der Waals surface area contributed by atoms with Crippen LogP contribution in [0, 0.1) is 5.92 Å². The molecule has 1 amide bonds. The molecule has 0 saturated carbocycles. The Kier molecular flexibility index (Phi) is 4.17. The highest BCUT2D eigenvalue weighted by atomic mass is 19.3. The predicted octanol–water partition coefficient (Wildman–Crippen LogP) is 0.200. The molecule has 0 aromatic carbocycles. The summed E-state index contributed by atoms with van der Waals surface area (Å²) in [5.41, 5.74) is 0. The number of hydrogen-bond donors (Lipinski definition) is 1. The minimum atomic E-state index is -3.12. The summed E-state index contributed by atoms with van der Waals surface area (Å²) in [7, 11) is 0. The molecule has 2 atom stereocenters. The van der Waals surface area contributed by atoms with E-state index in [0.29, 0.717) is 0 Å². The van der Waals surface area contributed by atoms with Gasteiger partial charge >= 0.3 is 12.4 Å². The minimum absolute atomic E-state index is 0.0106. The van der Waals surface area contributed by atoms with Gasteiger partial charge in [-0.05, 0) is 6.92 Å². The van der Waals surface area contributed by atoms with Gasteiger partial charge in [-0.2, -0.15) is 8.78 Å². The summed E-state index contributed by atoms with van der Waals surface area (Å²) in [5.74, 6) is -3.41. The number of hydrogen-bond acceptors (Lipinski definition) is 3. The zero-order valence-corrected chi connectivity index (χ0v) is 8.73. The van der Waals surface area contributed by atoms with E-state index in [9.17, 15) is 18.4 Å². The van der Waals surface area contributed by atoms with Crippen molar-refractivity contribution in [1.29, 1.82) is 0 Å². The number of rotatable bonds is 4. The molecule has 0 spiro atoms. The van der Waals surface area contributed by atoms with Crippen molar-refractivity contribution >= 4 is 11.9 Å². The number of alkyl halides is 2. The monoisotopic (exact) mass is 237 g/mol. The number of halogens is 2. The van der Waals surface area contributed by atoms with Crippen LogP contribution in [0.25, 0.3) is 0 Å². The lowest BCUT2D eigenvalue weighted by atomic mass is 10.0. The molecule has 1 rings (SSSR count). The van der Waals surface area contributed by atoms with E-state index in [1.165, 1.54) is 6.92 Å². The zero-order chi connectivity index (χ0) is 12.3. The number of likely N-dealkylation sites (N-methyl/N-ethyl adjacent to an activating group) is 1. The van der Waals surface area contributed by atoms with Crippen LogP contribution in [-0.4, -0.2) is 54.1 Å². The highest BCUT2D eigenvalue weighted by Gasteiger charge is 2.41. The second-order valence-corrected chi connectivity index (χ2v) is 3.47. The number of carboxylic acids is 1. The first-order valence-electron chi connectivity index (χ1n) is 4.88. The van der Waals surface area contributed by atoms with Crippen LogP contribution in [0.4, 0.5) is 8.78 Å². The maximum absolute atomic E-state index is 12.3. The summed E-state index contributed by atoms with van der Waals surface area (Å²) in [4.78, 5) is 22.8. The van der Waals surface area contributed by atoms with Crippen molar-refractivity contribution in [3.05, 3.63) is 0 Å². The minimum Gasteiger partial charge on any atom is -0.481 e. The lowest BCUT2D eigenvalue weighted by Gasteiger charge is -2.28. The number of amides is 1. The fourth-order valence-corrected chi connectivity index (χ4v) is 1.77. The highest BCUT2D eigenvalue weighted by molar-refractivity contribution is 5.81. The van der Waals surface area contributed by atoms with Crippen molar-refractivity contribution in [2.45, 2.75) is 19.4 Å². The molecule has 0 radical (unpaired) electrons. The maximum Gasteiger partial charge on any atom is 0.315 e. The van der Waals surface area contributed by atoms with Gasteiger partial charge in [-0.15, -0.1) is 0 Å². The highest BCUT2D eigenvalue weighted by Crippen LogP contribution is 2.21. The topological polar surface area (TPSA) is 66.8 Å². The molecule has 1 heterocycles. The molecule has 92 valence electrons. The average Bonchev–Trinajstić information content (AvgIpc) is 2.67. The fraction of sp³-hybridized carbons (Fsp3) is 0.778. The van der Waals surface area contributed by atoms with Crippen molar-refractivity contribution in [2.75, 3.05) is 19.8 Å². The Bertz CT molecular complexity index is 285. The van der Waals surface area contributed by atoms with Crippen LogP contribution in [0.1, 0.15) is 6.92 Å². The van der Waals surface area contributed by atoms with E-state index in [0.717, 1.165) is 4.90 Å². The van der Waals surface area contributed by atoms with Crippen LogP contribution in [0.5, 0.6) is 0 Å². The molecule has 2 unspecified atom stereocenters. The van der Waals surface area contributed by atoms with Gasteiger partial charge in [-0.3, -0.25) is 9.59 Å². The van der Waals surface area contributed by atoms with Crippen molar-refractivity contribution in [2.24, 2.45) is 5.92 Å². The molecule has 1 aliphatic rings. The molecule has 5 nitrogen and oxygen atoms in total. The van der Waals surface area contributed by atoms with E-state index in [2.05, 4.69) is 0 Å². The third kappa shape index (κ3) is 2.46. The molecule has 0 aromatic rings. The summed E-state index contributed by atoms with van der Waals surface area (Å²) in [5, 5.41) is 8.84. The molecule has 1 N–H and O–H groups in total. The third-order valence-corrected chi connectivity index (χ3v) is 2.58. The first kappa shape index (κ1) is 12.8. The summed E-state index contributed by atoms with van der Waals surface area (Å²) < 4.78 is 29.5. The number of aliphatic carboxylic acids is 1. The van der Waals surface area contributed by atoms with Crippen LogP contribution in [0.3, 0.4) is 0 Å². The Balaban J connectivity index is 2.79. The summed E-state index contributed by atoms with van der Waals surface area (Å²) in [6, 6.07) is -0.802. The lowest BCUT2D eigenvalue weighted by molar-refractivity contribution is -0.149. The van der Waals surface area contributed by atoms with E-state index in [-0.39, 0.29) is 19.8 Å². The average molecular weight is 237 g/mol. The first-order chi connectivity index (χ1) is 7.49. The lowest BCUT2D eigenvalue weighted by Crippen LogP contribution is -2.48. The van der Waals surface area contributed by atoms with Crippen LogP contribution in [-0.2, 0) is 14.3 Å². The second kappa shape index (κ2) is 5.20. The Hall–Kier alpha value is -1.24. The Labute approximate surface area is 91.0 Å². The van der Waals surface area contributed by atoms with Gasteiger partial charge in [0.25, 0.3) is 5.91 Å². The van der Waals surface area contributed by atoms with E-state index >= 15 is 0 Å². The second-order valence-electron chi connectivity index (χ2n) is 3.47. The Morgan fingerprint density at radius 1 is 1.50 bits per heavy atom. The molecular weight excluding hydrogens is 224 g/mol. The summed E-state index contributed by atoms with van der Waals surface area (Å²) in [6.45, 7) is 1.51. The van der Waals surface area contributed by atoms with Gasteiger partial charge in [-0.1, -0.05) is 0 Å². The van der Waals surface area contributed by atoms with Crippen molar-refractivity contribution in [3.63, 3.8) is 0 Å². The predicted molar refractivity (Wildman–Crippen MR) is 49.1 cm³/mol. The SMILES string of the molecule is CCN(C(=O)C(F)F)C1COCC1C(=O)O. The summed E-state index contributed by atoms with van der Waals surface area (Å²) >= 11 is 0. The van der Waals surface area contributed by atoms with E-state index in [4.69, 9.17) is 9.84 Å². The molecule has 1 aliphatic heterocycles. The van der Waals surface area contributed by atoms with Crippen molar-refractivity contribution in [1.82, 2.24) is 4.90 Å². The number of carbonyl (C=O) groups is 2. The number of carboxylic acid groups (broad SMARTS) is 1. The van der Waals surface area contributed by atoms with Crippen LogP contribution >= 0.6 is 0 Å². The molecule has 1 saturated heterocycles. The van der Waals surface area contributed by atoms with Gasteiger partial charge in [0.15, 0.2) is 0 Å². The van der Waals surface area contributed by atoms with Crippen molar-refractivity contribution < 1.29 is 28.2 Å². The number of ether oxygens (including phenoxy) is 1. The van der Waals surface area contributed by atoms with E-state index in [1.807, 2.05) is 0 Å². The quantitative estimate of drug-likeness (QED) is 0.758. The van der Waals surface area contributed by atoms with Gasteiger partial charge in [0, 0.05) is 6.54 Å². The maximum atomic E-state index is 12.3. The first-order valence-corrected chi connectivity index (χ1v) is 4.88. The molecule has 16 heavy (non-hydrogen) atoms. The van der Waals surface area contributed by atoms with E-state index < -0.39 is 30.3 Å². The Morgan fingerprint density at radius 3 is 2.56 bits per heavy atom. The van der Waals surface area contributed by atoms with E-state index in [1.54, 1.807) is 0 Å². The fourth-order valence-electron chi connectivity index (χ4n) is 1.77. The molecular formula is C9H13F2NO4. The molecule has 0 aromatic heterocycles. The Morgan fingerprint density at radius 2 is 2.12 bits per heavy atom. The third-order valence-electron chi connectivity index (χ3n) is 2.58. The van der Waals surface area contributed by atoms with Gasteiger partial charge in [0.05, 0.1) is 19.3 Å². The number of carbonyl (C=O) groups excluding carboxylic acids is 1. The van der Waals surface area contributed by atoms with Crippen molar-refractivity contribution in [3.8, 4) is 0 Å². The summed E-state index contributed by atoms with van der Waals surface area (Å²) in [6.07, 6.45) is -3.12. The van der Waals surface area contributed by atoms with Crippen LogP contribution < -0.4 is 0 Å².